The number of allylic oxidation sites excluding steroid dienone is 1. The first-order chi connectivity index (χ1) is 31.2. The molecule has 0 aromatic carbocycles. The van der Waals surface area contributed by atoms with Gasteiger partial charge in [-0.2, -0.15) is 0 Å². The highest BCUT2D eigenvalue weighted by molar-refractivity contribution is 5.31. The highest BCUT2D eigenvalue weighted by Crippen LogP contribution is 2.75. The Labute approximate surface area is 393 Å². The van der Waals surface area contributed by atoms with E-state index in [2.05, 4.69) is 47.6 Å². The van der Waals surface area contributed by atoms with Gasteiger partial charge in [-0.3, -0.25) is 0 Å². The molecule has 3 heterocycles. The van der Waals surface area contributed by atoms with Crippen LogP contribution in [0.3, 0.4) is 0 Å². The molecule has 0 radical (unpaired) electrons. The summed E-state index contributed by atoms with van der Waals surface area (Å²) in [5.74, 6) is 0.678. The van der Waals surface area contributed by atoms with Crippen LogP contribution >= 0.6 is 0 Å². The maximum absolute atomic E-state index is 12.4. The van der Waals surface area contributed by atoms with Crippen molar-refractivity contribution < 1.29 is 94.8 Å². The number of hydrogen-bond acceptors (Lipinski definition) is 19. The Kier molecular flexibility index (Phi) is 15.9. The van der Waals surface area contributed by atoms with Crippen LogP contribution in [-0.2, 0) is 28.4 Å². The molecular weight excluding hydrogens is 881 g/mol. The largest absolute Gasteiger partial charge is 0.394 e. The Morgan fingerprint density at radius 1 is 0.672 bits per heavy atom. The first kappa shape index (κ1) is 53.8. The van der Waals surface area contributed by atoms with E-state index in [-0.39, 0.29) is 51.8 Å². The molecule has 3 saturated heterocycles. The lowest BCUT2D eigenvalue weighted by Gasteiger charge is -2.67. The Balaban J connectivity index is 1.10. The normalized spacial score (nSPS) is 51.0. The van der Waals surface area contributed by atoms with Crippen LogP contribution in [0.4, 0.5) is 0 Å². The summed E-state index contributed by atoms with van der Waals surface area (Å²) in [6.07, 6.45) is -19.2. The van der Waals surface area contributed by atoms with Crippen LogP contribution in [0.1, 0.15) is 107 Å². The first-order valence-electron chi connectivity index (χ1n) is 24.5. The van der Waals surface area contributed by atoms with E-state index < -0.39 is 136 Å². The Morgan fingerprint density at radius 2 is 1.24 bits per heavy atom. The van der Waals surface area contributed by atoms with Crippen molar-refractivity contribution in [1.29, 1.82) is 0 Å². The lowest BCUT2D eigenvalue weighted by molar-refractivity contribution is -0.380. The molecule has 19 heteroatoms. The van der Waals surface area contributed by atoms with Crippen molar-refractivity contribution in [3.05, 3.63) is 11.6 Å². The zero-order chi connectivity index (χ0) is 49.5. The van der Waals surface area contributed by atoms with Crippen LogP contribution in [0.2, 0.25) is 0 Å². The van der Waals surface area contributed by atoms with E-state index in [1.165, 1.54) is 5.57 Å². The number of hydrogen-bond donors (Lipinski definition) is 13. The maximum atomic E-state index is 12.4. The quantitative estimate of drug-likeness (QED) is 0.0924. The third-order valence-electron chi connectivity index (χ3n) is 18.7. The highest BCUT2D eigenvalue weighted by atomic mass is 16.8. The number of ether oxygens (including phenoxy) is 6. The van der Waals surface area contributed by atoms with Crippen molar-refractivity contribution in [2.75, 3.05) is 19.8 Å². The number of aliphatic hydroxyl groups excluding tert-OH is 12. The molecule has 3 saturated carbocycles. The summed E-state index contributed by atoms with van der Waals surface area (Å²) < 4.78 is 35.5. The molecule has 3 aliphatic heterocycles. The van der Waals surface area contributed by atoms with E-state index in [0.717, 1.165) is 25.7 Å². The summed E-state index contributed by atoms with van der Waals surface area (Å²) in [6.45, 7) is 14.4. The monoisotopic (exact) mass is 963 g/mol. The minimum atomic E-state index is -1.90. The fourth-order valence-corrected chi connectivity index (χ4v) is 14.1. The minimum absolute atomic E-state index is 0.0795. The van der Waals surface area contributed by atoms with Gasteiger partial charge in [0.25, 0.3) is 0 Å². The van der Waals surface area contributed by atoms with Crippen LogP contribution < -0.4 is 0 Å². The topological polar surface area (TPSA) is 318 Å². The summed E-state index contributed by atoms with van der Waals surface area (Å²) in [7, 11) is 0. The Bertz CT molecular complexity index is 1710. The molecular formula is C48H82O19. The molecule has 25 atom stereocenters. The van der Waals surface area contributed by atoms with Crippen molar-refractivity contribution in [2.24, 2.45) is 45.3 Å². The SMILES string of the molecule is C[C@H](CC[C@@H](O[C@@H]1O[C@H](CO[C@@H]2O[C@H](CO)[C@@H](O)[C@H](O)[C@H]2O)[C@@H](O)[C@H](O)[C@H]1O[C@@H]1OC(CO)[C@@H](O)[C@H](O)[C@H]1O)C(C)(C)O)C1CC[C@@]2(C)C3CC=C4C(CC[C@H](O)C4(C)C)[C@]3(C)[C@H](O)C[C@]12C. The molecule has 4 unspecified atom stereocenters. The third-order valence-corrected chi connectivity index (χ3v) is 18.7. The van der Waals surface area contributed by atoms with Crippen LogP contribution in [0.25, 0.3) is 0 Å². The van der Waals surface area contributed by atoms with E-state index in [4.69, 9.17) is 28.4 Å². The van der Waals surface area contributed by atoms with Crippen molar-refractivity contribution >= 4 is 0 Å². The predicted molar refractivity (Wildman–Crippen MR) is 235 cm³/mol. The predicted octanol–water partition coefficient (Wildman–Crippen LogP) is -1.06. The molecule has 19 nitrogen and oxygen atoms in total. The fraction of sp³-hybridized carbons (Fsp3) is 0.958. The van der Waals surface area contributed by atoms with Crippen molar-refractivity contribution in [2.45, 2.75) is 223 Å². The van der Waals surface area contributed by atoms with E-state index in [0.29, 0.717) is 19.3 Å². The van der Waals surface area contributed by atoms with Crippen LogP contribution in [0.5, 0.6) is 0 Å². The van der Waals surface area contributed by atoms with Gasteiger partial charge in [0.1, 0.15) is 73.2 Å². The average Bonchev–Trinajstić information content (AvgIpc) is 3.54. The smallest absolute Gasteiger partial charge is 0.187 e. The molecule has 13 N–H and O–H groups in total. The molecule has 6 fully saturated rings. The zero-order valence-electron chi connectivity index (χ0n) is 40.3. The molecule has 67 heavy (non-hydrogen) atoms. The van der Waals surface area contributed by atoms with Crippen LogP contribution in [-0.4, -0.2) is 202 Å². The van der Waals surface area contributed by atoms with Gasteiger partial charge in [0.2, 0.25) is 0 Å². The zero-order valence-corrected chi connectivity index (χ0v) is 40.3. The van der Waals surface area contributed by atoms with Crippen molar-refractivity contribution in [1.82, 2.24) is 0 Å². The van der Waals surface area contributed by atoms with Gasteiger partial charge in [0, 0.05) is 10.8 Å². The summed E-state index contributed by atoms with van der Waals surface area (Å²) in [6, 6.07) is 0. The minimum Gasteiger partial charge on any atom is -0.394 e. The van der Waals surface area contributed by atoms with E-state index >= 15 is 0 Å². The van der Waals surface area contributed by atoms with Gasteiger partial charge in [-0.05, 0) is 99.7 Å². The molecule has 0 aromatic rings. The number of aliphatic hydroxyl groups is 13. The molecule has 7 rings (SSSR count). The summed E-state index contributed by atoms with van der Waals surface area (Å²) in [5, 5.41) is 141. The van der Waals surface area contributed by atoms with Crippen molar-refractivity contribution in [3.8, 4) is 0 Å². The van der Waals surface area contributed by atoms with Crippen LogP contribution in [0, 0.1) is 45.3 Å². The van der Waals surface area contributed by atoms with Gasteiger partial charge in [-0.1, -0.05) is 53.2 Å². The second-order valence-electron chi connectivity index (χ2n) is 23.1. The maximum Gasteiger partial charge on any atom is 0.187 e. The molecule has 7 aliphatic rings. The molecule has 4 aliphatic carbocycles. The van der Waals surface area contributed by atoms with Gasteiger partial charge in [0.05, 0.1) is 43.7 Å². The molecule has 0 bridgehead atoms. The van der Waals surface area contributed by atoms with Crippen molar-refractivity contribution in [3.63, 3.8) is 0 Å². The van der Waals surface area contributed by atoms with E-state index in [9.17, 15) is 66.4 Å². The lowest BCUT2D eigenvalue weighted by Crippen LogP contribution is -2.65. The van der Waals surface area contributed by atoms with Gasteiger partial charge in [-0.15, -0.1) is 0 Å². The first-order valence-corrected chi connectivity index (χ1v) is 24.5. The third kappa shape index (κ3) is 9.24. The summed E-state index contributed by atoms with van der Waals surface area (Å²) in [5.41, 5.74) is -1.32. The standard InChI is InChI=1S/C48H82O19/c1-21(22-15-16-46(6)28-12-10-23-24(11-13-29(51)44(23,2)3)48(28,8)30(52)17-47(22,46)7)9-14-31(45(4,5)61)66-43-40(67-42-39(60)36(57)33(54)26(19-50)64-42)37(58)34(55)27(65-43)20-62-41-38(59)35(56)32(53)25(18-49)63-41/h10,21-22,24-43,49-61H,9,11-20H2,1-8H3/t21-,22?,24?,25-,26?,27-,28?,29+,30-,31-,32-,33-,34-,35+,36+,37+,38-,39-,40-,41-,42+,43+,46+,47-,48+/m1/s1. The second-order valence-corrected chi connectivity index (χ2v) is 23.1. The molecule has 0 amide bonds. The second kappa shape index (κ2) is 19.8. The van der Waals surface area contributed by atoms with Gasteiger partial charge < -0.3 is 94.8 Å². The molecule has 0 aromatic heterocycles. The highest BCUT2D eigenvalue weighted by Gasteiger charge is 2.70. The summed E-state index contributed by atoms with van der Waals surface area (Å²) in [4.78, 5) is 0. The Morgan fingerprint density at radius 3 is 1.84 bits per heavy atom. The van der Waals surface area contributed by atoms with E-state index in [1.807, 2.05) is 0 Å². The molecule has 388 valence electrons. The van der Waals surface area contributed by atoms with Gasteiger partial charge in [0.15, 0.2) is 18.9 Å². The van der Waals surface area contributed by atoms with Gasteiger partial charge in [-0.25, -0.2) is 0 Å². The van der Waals surface area contributed by atoms with E-state index in [1.54, 1.807) is 13.8 Å². The average molecular weight is 963 g/mol. The van der Waals surface area contributed by atoms with Crippen LogP contribution in [0.15, 0.2) is 11.6 Å². The summed E-state index contributed by atoms with van der Waals surface area (Å²) >= 11 is 0. The molecule has 0 spiro atoms. The number of fused-ring (bicyclic) bond motifs is 5. The number of rotatable bonds is 14. The lowest BCUT2D eigenvalue weighted by atomic mass is 9.38. The Hall–Kier alpha value is -1.02. The fourth-order valence-electron chi connectivity index (χ4n) is 14.1. The van der Waals surface area contributed by atoms with Gasteiger partial charge >= 0.3 is 0 Å².